The summed E-state index contributed by atoms with van der Waals surface area (Å²) in [6.45, 7) is 17.8. The van der Waals surface area contributed by atoms with E-state index in [4.69, 9.17) is 14.2 Å². The van der Waals surface area contributed by atoms with Gasteiger partial charge in [0.1, 0.15) is 23.0 Å². The Bertz CT molecular complexity index is 1200. The minimum absolute atomic E-state index is 0.257. The quantitative estimate of drug-likeness (QED) is 0.367. The van der Waals surface area contributed by atoms with E-state index in [0.29, 0.717) is 17.9 Å². The van der Waals surface area contributed by atoms with Gasteiger partial charge in [0.15, 0.2) is 0 Å². The van der Waals surface area contributed by atoms with Crippen LogP contribution in [0.3, 0.4) is 0 Å². The fraction of sp³-hybridized carbons (Fsp3) is 0.452. The minimum Gasteiger partial charge on any atom is -0.484 e. The number of ether oxygens (including phenoxy) is 3. The topological polar surface area (TPSA) is 54.7 Å². The van der Waals surface area contributed by atoms with E-state index in [9.17, 15) is 5.26 Å². The Balaban J connectivity index is 0.00000176. The van der Waals surface area contributed by atoms with Gasteiger partial charge in [0, 0.05) is 24.3 Å². The van der Waals surface area contributed by atoms with Gasteiger partial charge in [-0.1, -0.05) is 44.2 Å². The van der Waals surface area contributed by atoms with Crippen molar-refractivity contribution in [2.75, 3.05) is 37.8 Å². The normalized spacial score (nSPS) is 14.1. The molecule has 1 saturated heterocycles. The lowest BCUT2D eigenvalue weighted by Gasteiger charge is -2.31. The number of morpholine rings is 1. The highest BCUT2D eigenvalue weighted by molar-refractivity contribution is 5.91. The van der Waals surface area contributed by atoms with Gasteiger partial charge in [-0.3, -0.25) is 0 Å². The first kappa shape index (κ1) is 27.5. The third kappa shape index (κ3) is 7.00. The van der Waals surface area contributed by atoms with Gasteiger partial charge in [0.2, 0.25) is 0 Å². The number of fused-ring (bicyclic) bond motifs is 1. The van der Waals surface area contributed by atoms with E-state index in [0.717, 1.165) is 42.8 Å². The molecule has 4 rings (SSSR count). The van der Waals surface area contributed by atoms with Gasteiger partial charge in [-0.25, -0.2) is 0 Å². The number of hydrogen-bond donors (Lipinski definition) is 0. The number of nitriles is 1. The highest BCUT2D eigenvalue weighted by Gasteiger charge is 2.26. The number of hydrogen-bond acceptors (Lipinski definition) is 5. The lowest BCUT2D eigenvalue weighted by molar-refractivity contribution is -0.0723. The molecule has 1 heterocycles. The second-order valence-electron chi connectivity index (χ2n) is 10.4. The van der Waals surface area contributed by atoms with Crippen molar-refractivity contribution in [3.05, 3.63) is 60.2 Å². The first-order valence-electron chi connectivity index (χ1n) is 12.9. The van der Waals surface area contributed by atoms with Crippen LogP contribution in [0.1, 0.15) is 54.0 Å². The monoisotopic (exact) mass is 488 g/mol. The standard InChI is InChI=1S/C29H34N2O3.C2H6/c1-28(2,3)33-20-29(4,5)34-27-8-6-7-25(26(27)19-30)23-10-9-22-18-24(12-11-21(22)17-23)31-13-15-32-16-14-31;1-2/h6-12,17-18H,13-16,20H2,1-5H3;1-2H3. The Morgan fingerprint density at radius 2 is 1.58 bits per heavy atom. The summed E-state index contributed by atoms with van der Waals surface area (Å²) in [6, 6.07) is 21.1. The Morgan fingerprint density at radius 3 is 2.25 bits per heavy atom. The van der Waals surface area contributed by atoms with Crippen LogP contribution in [0.15, 0.2) is 54.6 Å². The number of rotatable bonds is 6. The lowest BCUT2D eigenvalue weighted by atomic mass is 9.96. The second kappa shape index (κ2) is 11.8. The molecule has 0 N–H and O–H groups in total. The van der Waals surface area contributed by atoms with Gasteiger partial charge in [-0.15, -0.1) is 0 Å². The Kier molecular flexibility index (Phi) is 9.00. The van der Waals surface area contributed by atoms with Gasteiger partial charge in [0.05, 0.1) is 25.4 Å². The summed E-state index contributed by atoms with van der Waals surface area (Å²) in [5, 5.41) is 12.4. The molecule has 0 unspecified atom stereocenters. The molecule has 0 spiro atoms. The van der Waals surface area contributed by atoms with Crippen LogP contribution >= 0.6 is 0 Å². The van der Waals surface area contributed by atoms with Crippen LogP contribution in [-0.4, -0.2) is 44.1 Å². The summed E-state index contributed by atoms with van der Waals surface area (Å²) >= 11 is 0. The highest BCUT2D eigenvalue weighted by Crippen LogP contribution is 2.34. The summed E-state index contributed by atoms with van der Waals surface area (Å²) in [5.74, 6) is 0.574. The van der Waals surface area contributed by atoms with Crippen molar-refractivity contribution in [2.45, 2.75) is 59.7 Å². The Labute approximate surface area is 216 Å². The van der Waals surface area contributed by atoms with Crippen LogP contribution in [0.2, 0.25) is 0 Å². The first-order chi connectivity index (χ1) is 17.1. The van der Waals surface area contributed by atoms with Crippen molar-refractivity contribution < 1.29 is 14.2 Å². The SMILES string of the molecule is CC.CC(C)(C)OCC(C)(C)Oc1cccc(-c2ccc3cc(N4CCOCC4)ccc3c2)c1C#N. The molecule has 3 aromatic carbocycles. The maximum atomic E-state index is 10.0. The second-order valence-corrected chi connectivity index (χ2v) is 10.4. The molecule has 5 nitrogen and oxygen atoms in total. The number of anilines is 1. The minimum atomic E-state index is -0.573. The van der Waals surface area contributed by atoms with Crippen LogP contribution in [0.4, 0.5) is 5.69 Å². The maximum absolute atomic E-state index is 10.0. The average Bonchev–Trinajstić information content (AvgIpc) is 2.88. The van der Waals surface area contributed by atoms with Crippen LogP contribution in [0.5, 0.6) is 5.75 Å². The van der Waals surface area contributed by atoms with E-state index in [1.807, 2.05) is 66.7 Å². The highest BCUT2D eigenvalue weighted by atomic mass is 16.6. The van der Waals surface area contributed by atoms with E-state index in [-0.39, 0.29) is 5.60 Å². The van der Waals surface area contributed by atoms with E-state index in [1.54, 1.807) is 0 Å². The molecule has 1 aliphatic heterocycles. The molecular weight excluding hydrogens is 448 g/mol. The molecule has 0 radical (unpaired) electrons. The smallest absolute Gasteiger partial charge is 0.138 e. The molecule has 0 atom stereocenters. The molecule has 0 saturated carbocycles. The zero-order valence-electron chi connectivity index (χ0n) is 22.9. The molecule has 36 heavy (non-hydrogen) atoms. The van der Waals surface area contributed by atoms with Crippen LogP contribution in [0, 0.1) is 11.3 Å². The van der Waals surface area contributed by atoms with Gasteiger partial charge in [0.25, 0.3) is 0 Å². The largest absolute Gasteiger partial charge is 0.484 e. The van der Waals surface area contributed by atoms with Crippen molar-refractivity contribution in [1.82, 2.24) is 0 Å². The molecule has 3 aromatic rings. The van der Waals surface area contributed by atoms with Crippen molar-refractivity contribution in [2.24, 2.45) is 0 Å². The van der Waals surface area contributed by atoms with Gasteiger partial charge in [-0.05, 0) is 75.2 Å². The molecule has 1 aliphatic rings. The predicted molar refractivity (Wildman–Crippen MR) is 149 cm³/mol. The number of nitrogens with zero attached hydrogens (tertiary/aromatic N) is 2. The van der Waals surface area contributed by atoms with E-state index in [2.05, 4.69) is 47.4 Å². The van der Waals surface area contributed by atoms with Crippen molar-refractivity contribution in [3.8, 4) is 22.9 Å². The van der Waals surface area contributed by atoms with Gasteiger partial charge in [-0.2, -0.15) is 5.26 Å². The molecule has 0 aromatic heterocycles. The first-order valence-corrected chi connectivity index (χ1v) is 12.9. The molecular formula is C31H40N2O3. The fourth-order valence-corrected chi connectivity index (χ4v) is 4.11. The van der Waals surface area contributed by atoms with Crippen molar-refractivity contribution >= 4 is 16.5 Å². The van der Waals surface area contributed by atoms with Gasteiger partial charge < -0.3 is 19.1 Å². The average molecular weight is 489 g/mol. The van der Waals surface area contributed by atoms with E-state index >= 15 is 0 Å². The molecule has 0 aliphatic carbocycles. The summed E-state index contributed by atoms with van der Waals surface area (Å²) in [5.41, 5.74) is 2.79. The van der Waals surface area contributed by atoms with E-state index < -0.39 is 5.60 Å². The number of benzene rings is 3. The molecule has 192 valence electrons. The zero-order chi connectivity index (χ0) is 26.3. The zero-order valence-corrected chi connectivity index (χ0v) is 22.9. The summed E-state index contributed by atoms with van der Waals surface area (Å²) in [4.78, 5) is 2.36. The van der Waals surface area contributed by atoms with Gasteiger partial charge >= 0.3 is 0 Å². The molecule has 1 fully saturated rings. The Hall–Kier alpha value is -3.07. The third-order valence-corrected chi connectivity index (χ3v) is 5.89. The molecule has 5 heteroatoms. The summed E-state index contributed by atoms with van der Waals surface area (Å²) < 4.78 is 17.7. The van der Waals surface area contributed by atoms with Crippen LogP contribution < -0.4 is 9.64 Å². The van der Waals surface area contributed by atoms with Crippen molar-refractivity contribution in [3.63, 3.8) is 0 Å². The summed E-state index contributed by atoms with van der Waals surface area (Å²) in [6.07, 6.45) is 0. The molecule has 0 amide bonds. The maximum Gasteiger partial charge on any atom is 0.138 e. The lowest BCUT2D eigenvalue weighted by Crippen LogP contribution is -2.38. The van der Waals surface area contributed by atoms with E-state index in [1.165, 1.54) is 11.1 Å². The summed E-state index contributed by atoms with van der Waals surface area (Å²) in [7, 11) is 0. The van der Waals surface area contributed by atoms with Crippen molar-refractivity contribution in [1.29, 1.82) is 5.26 Å². The van der Waals surface area contributed by atoms with Crippen LogP contribution in [-0.2, 0) is 9.47 Å². The third-order valence-electron chi connectivity index (χ3n) is 5.89. The fourth-order valence-electron chi connectivity index (χ4n) is 4.11. The van der Waals surface area contributed by atoms with Crippen LogP contribution in [0.25, 0.3) is 21.9 Å². The molecule has 0 bridgehead atoms. The Morgan fingerprint density at radius 1 is 0.917 bits per heavy atom. The predicted octanol–water partition coefficient (Wildman–Crippen LogP) is 7.21.